The van der Waals surface area contributed by atoms with E-state index >= 15 is 4.39 Å². The molecule has 2 saturated heterocycles. The van der Waals surface area contributed by atoms with Crippen LogP contribution in [0.15, 0.2) is 18.2 Å². The molecular weight excluding hydrogens is 399 g/mol. The second kappa shape index (κ2) is 9.36. The van der Waals surface area contributed by atoms with Crippen molar-refractivity contribution in [2.45, 2.75) is 58.4 Å². The Hall–Kier alpha value is -1.44. The van der Waals surface area contributed by atoms with E-state index in [1.165, 1.54) is 0 Å². The van der Waals surface area contributed by atoms with Gasteiger partial charge < -0.3 is 19.0 Å². The fraction of sp³-hybridized carbons (Fsp3) is 0.696. The predicted molar refractivity (Wildman–Crippen MR) is 121 cm³/mol. The number of amides is 1. The van der Waals surface area contributed by atoms with Crippen LogP contribution < -0.4 is 4.90 Å². The van der Waals surface area contributed by atoms with E-state index < -0.39 is 8.32 Å². The van der Waals surface area contributed by atoms with Crippen LogP contribution >= 0.6 is 0 Å². The Kier molecular flexibility index (Phi) is 7.25. The highest BCUT2D eigenvalue weighted by atomic mass is 28.4. The standard InChI is InChI=1S/C23H37FN2O3Si/c1-23(2,3)30(4,5)29-17-19-7-6-8-20(22(19)24)25-11-12-26(21(27)16-25)15-18-9-13-28-14-10-18/h6-8,18H,9-17H2,1-5H3. The molecule has 0 aliphatic carbocycles. The zero-order chi connectivity index (χ0) is 21.9. The highest BCUT2D eigenvalue weighted by Gasteiger charge is 2.37. The molecule has 2 heterocycles. The summed E-state index contributed by atoms with van der Waals surface area (Å²) in [5, 5.41) is 0.0777. The number of carbonyl (C=O) groups excluding carboxylic acids is 1. The summed E-state index contributed by atoms with van der Waals surface area (Å²) in [6.07, 6.45) is 2.02. The average molecular weight is 437 g/mol. The lowest BCUT2D eigenvalue weighted by molar-refractivity contribution is -0.132. The van der Waals surface area contributed by atoms with E-state index in [0.717, 1.165) is 32.6 Å². The summed E-state index contributed by atoms with van der Waals surface area (Å²) in [5.41, 5.74) is 1.07. The molecule has 0 atom stereocenters. The van der Waals surface area contributed by atoms with Gasteiger partial charge in [0.25, 0.3) is 0 Å². The van der Waals surface area contributed by atoms with Crippen molar-refractivity contribution in [2.75, 3.05) is 44.3 Å². The van der Waals surface area contributed by atoms with Crippen LogP contribution in [0, 0.1) is 11.7 Å². The van der Waals surface area contributed by atoms with E-state index in [1.807, 2.05) is 15.9 Å². The maximum absolute atomic E-state index is 15.3. The number of halogens is 1. The maximum Gasteiger partial charge on any atom is 0.242 e. The molecule has 168 valence electrons. The Balaban J connectivity index is 1.63. The van der Waals surface area contributed by atoms with E-state index in [1.54, 1.807) is 12.1 Å². The molecule has 1 aromatic rings. The lowest BCUT2D eigenvalue weighted by atomic mass is 9.99. The molecule has 7 heteroatoms. The second-order valence-corrected chi connectivity index (χ2v) is 14.9. The number of hydrogen-bond acceptors (Lipinski definition) is 4. The smallest absolute Gasteiger partial charge is 0.242 e. The molecule has 0 aromatic heterocycles. The number of ether oxygens (including phenoxy) is 1. The van der Waals surface area contributed by atoms with Gasteiger partial charge in [-0.25, -0.2) is 4.39 Å². The van der Waals surface area contributed by atoms with Crippen LogP contribution in [0.5, 0.6) is 0 Å². The summed E-state index contributed by atoms with van der Waals surface area (Å²) in [6.45, 7) is 15.0. The van der Waals surface area contributed by atoms with Gasteiger partial charge in [-0.1, -0.05) is 32.9 Å². The molecule has 0 bridgehead atoms. The summed E-state index contributed by atoms with van der Waals surface area (Å²) in [7, 11) is -1.96. The van der Waals surface area contributed by atoms with Crippen LogP contribution in [0.25, 0.3) is 0 Å². The Morgan fingerprint density at radius 1 is 1.20 bits per heavy atom. The van der Waals surface area contributed by atoms with Crippen molar-refractivity contribution in [3.05, 3.63) is 29.6 Å². The Bertz CT molecular complexity index is 744. The van der Waals surface area contributed by atoms with Crippen LogP contribution in [0.3, 0.4) is 0 Å². The van der Waals surface area contributed by atoms with Crippen molar-refractivity contribution in [1.82, 2.24) is 4.90 Å². The summed E-state index contributed by atoms with van der Waals surface area (Å²) >= 11 is 0. The van der Waals surface area contributed by atoms with Crippen molar-refractivity contribution >= 4 is 19.9 Å². The lowest BCUT2D eigenvalue weighted by Gasteiger charge is -2.38. The summed E-state index contributed by atoms with van der Waals surface area (Å²) in [5.74, 6) is 0.332. The molecule has 30 heavy (non-hydrogen) atoms. The number of nitrogens with zero attached hydrogens (tertiary/aromatic N) is 2. The minimum Gasteiger partial charge on any atom is -0.412 e. The van der Waals surface area contributed by atoms with Crippen LogP contribution in [-0.4, -0.2) is 58.5 Å². The van der Waals surface area contributed by atoms with E-state index in [-0.39, 0.29) is 29.9 Å². The third-order valence-electron chi connectivity index (χ3n) is 6.93. The van der Waals surface area contributed by atoms with Crippen LogP contribution in [-0.2, 0) is 20.6 Å². The van der Waals surface area contributed by atoms with Crippen LogP contribution in [0.1, 0.15) is 39.2 Å². The lowest BCUT2D eigenvalue weighted by Crippen LogP contribution is -2.52. The summed E-state index contributed by atoms with van der Waals surface area (Å²) in [4.78, 5) is 16.5. The molecule has 0 spiro atoms. The molecule has 2 aliphatic heterocycles. The van der Waals surface area contributed by atoms with Gasteiger partial charge in [0.1, 0.15) is 0 Å². The summed E-state index contributed by atoms with van der Waals surface area (Å²) in [6, 6.07) is 5.42. The van der Waals surface area contributed by atoms with Crippen molar-refractivity contribution in [2.24, 2.45) is 5.92 Å². The van der Waals surface area contributed by atoms with Gasteiger partial charge in [-0.15, -0.1) is 0 Å². The predicted octanol–water partition coefficient (Wildman–Crippen LogP) is 4.42. The first-order valence-electron chi connectivity index (χ1n) is 11.1. The minimum absolute atomic E-state index is 0.0777. The van der Waals surface area contributed by atoms with Gasteiger partial charge in [0.15, 0.2) is 14.1 Å². The van der Waals surface area contributed by atoms with Gasteiger partial charge in [-0.2, -0.15) is 0 Å². The van der Waals surface area contributed by atoms with Crippen molar-refractivity contribution in [3.8, 4) is 0 Å². The number of rotatable bonds is 6. The monoisotopic (exact) mass is 436 g/mol. The number of anilines is 1. The topological polar surface area (TPSA) is 42.0 Å². The van der Waals surface area contributed by atoms with E-state index in [9.17, 15) is 4.79 Å². The van der Waals surface area contributed by atoms with Gasteiger partial charge in [-0.3, -0.25) is 4.79 Å². The number of piperazine rings is 1. The Labute approximate surface area is 181 Å². The number of hydrogen-bond donors (Lipinski definition) is 0. The molecule has 0 saturated carbocycles. The molecule has 5 nitrogen and oxygen atoms in total. The molecule has 1 amide bonds. The van der Waals surface area contributed by atoms with Crippen molar-refractivity contribution < 1.29 is 18.3 Å². The molecule has 3 rings (SSSR count). The quantitative estimate of drug-likeness (QED) is 0.619. The largest absolute Gasteiger partial charge is 0.412 e. The maximum atomic E-state index is 15.3. The zero-order valence-corrected chi connectivity index (χ0v) is 20.2. The molecule has 1 aromatic carbocycles. The minimum atomic E-state index is -1.96. The van der Waals surface area contributed by atoms with Crippen molar-refractivity contribution in [3.63, 3.8) is 0 Å². The van der Waals surface area contributed by atoms with Gasteiger partial charge in [0.05, 0.1) is 18.8 Å². The molecule has 0 N–H and O–H groups in total. The molecule has 2 aliphatic rings. The third-order valence-corrected chi connectivity index (χ3v) is 11.4. The van der Waals surface area contributed by atoms with Gasteiger partial charge >= 0.3 is 0 Å². The molecular formula is C23H37FN2O3Si. The fourth-order valence-corrected chi connectivity index (χ4v) is 4.69. The fourth-order valence-electron chi connectivity index (χ4n) is 3.74. The first kappa shape index (κ1) is 23.2. The second-order valence-electron chi connectivity index (χ2n) is 10.1. The first-order valence-corrected chi connectivity index (χ1v) is 14.0. The highest BCUT2D eigenvalue weighted by Crippen LogP contribution is 2.37. The zero-order valence-electron chi connectivity index (χ0n) is 19.2. The number of benzene rings is 1. The Morgan fingerprint density at radius 3 is 2.53 bits per heavy atom. The highest BCUT2D eigenvalue weighted by molar-refractivity contribution is 6.74. The molecule has 0 radical (unpaired) electrons. The van der Waals surface area contributed by atoms with Crippen molar-refractivity contribution in [1.29, 1.82) is 0 Å². The van der Waals surface area contributed by atoms with E-state index in [0.29, 0.717) is 30.3 Å². The SMILES string of the molecule is CC(C)(C)[Si](C)(C)OCc1cccc(N2CCN(CC3CCOCC3)C(=O)C2)c1F. The number of carbonyl (C=O) groups is 1. The van der Waals surface area contributed by atoms with Crippen LogP contribution in [0.4, 0.5) is 10.1 Å². The van der Waals surface area contributed by atoms with Crippen LogP contribution in [0.2, 0.25) is 18.1 Å². The third kappa shape index (κ3) is 5.42. The normalized spacial score (nSPS) is 19.5. The van der Waals surface area contributed by atoms with Gasteiger partial charge in [0, 0.05) is 38.4 Å². The van der Waals surface area contributed by atoms with E-state index in [4.69, 9.17) is 9.16 Å². The Morgan fingerprint density at radius 2 is 1.90 bits per heavy atom. The molecule has 2 fully saturated rings. The van der Waals surface area contributed by atoms with Gasteiger partial charge in [0.2, 0.25) is 5.91 Å². The molecule has 0 unspecified atom stereocenters. The average Bonchev–Trinajstić information content (AvgIpc) is 2.69. The first-order chi connectivity index (χ1) is 14.1. The van der Waals surface area contributed by atoms with Gasteiger partial charge in [-0.05, 0) is 43.0 Å². The van der Waals surface area contributed by atoms with E-state index in [2.05, 4.69) is 33.9 Å². The summed E-state index contributed by atoms with van der Waals surface area (Å²) < 4.78 is 26.9.